The van der Waals surface area contributed by atoms with Crippen molar-refractivity contribution in [2.75, 3.05) is 26.8 Å². The van der Waals surface area contributed by atoms with E-state index in [1.165, 1.54) is 25.0 Å². The first kappa shape index (κ1) is 25.4. The van der Waals surface area contributed by atoms with E-state index < -0.39 is 11.7 Å². The second-order valence-electron chi connectivity index (χ2n) is 10.9. The molecule has 2 amide bonds. The van der Waals surface area contributed by atoms with Gasteiger partial charge in [0.15, 0.2) is 11.5 Å². The molecular formula is C29H35FN2O5. The average molecular weight is 511 g/mol. The summed E-state index contributed by atoms with van der Waals surface area (Å²) in [5.74, 6) is 1.10. The van der Waals surface area contributed by atoms with E-state index in [2.05, 4.69) is 5.32 Å². The first-order valence-electron chi connectivity index (χ1n) is 13.2. The molecule has 1 N–H and O–H groups in total. The van der Waals surface area contributed by atoms with Crippen LogP contribution in [-0.2, 0) is 0 Å². The van der Waals surface area contributed by atoms with Crippen LogP contribution in [0.1, 0.15) is 66.7 Å². The van der Waals surface area contributed by atoms with E-state index in [1.807, 2.05) is 18.7 Å². The van der Waals surface area contributed by atoms with Gasteiger partial charge in [0.2, 0.25) is 0 Å². The largest absolute Gasteiger partial charge is 0.493 e. The van der Waals surface area contributed by atoms with Gasteiger partial charge in [-0.25, -0.2) is 4.39 Å². The molecule has 1 heterocycles. The van der Waals surface area contributed by atoms with Gasteiger partial charge < -0.3 is 24.4 Å². The second-order valence-corrected chi connectivity index (χ2v) is 10.9. The smallest absolute Gasteiger partial charge is 0.254 e. The van der Waals surface area contributed by atoms with Crippen molar-refractivity contribution in [1.82, 2.24) is 10.2 Å². The molecule has 0 aromatic heterocycles. The number of ether oxygens (including phenoxy) is 3. The van der Waals surface area contributed by atoms with Crippen LogP contribution in [0.3, 0.4) is 0 Å². The molecule has 3 aliphatic rings. The Hall–Kier alpha value is -3.29. The molecular weight excluding hydrogens is 475 g/mol. The van der Waals surface area contributed by atoms with E-state index in [4.69, 9.17) is 14.2 Å². The van der Waals surface area contributed by atoms with Crippen molar-refractivity contribution in [3.05, 3.63) is 53.3 Å². The van der Waals surface area contributed by atoms with Crippen LogP contribution < -0.4 is 19.5 Å². The number of benzene rings is 2. The van der Waals surface area contributed by atoms with E-state index in [1.54, 1.807) is 31.4 Å². The summed E-state index contributed by atoms with van der Waals surface area (Å²) in [6, 6.07) is 9.52. The fourth-order valence-corrected chi connectivity index (χ4v) is 5.46. The lowest BCUT2D eigenvalue weighted by molar-refractivity contribution is -0.00439. The summed E-state index contributed by atoms with van der Waals surface area (Å²) in [5, 5.41) is 3.05. The minimum absolute atomic E-state index is 0.00220. The number of methoxy groups -OCH3 is 1. The van der Waals surface area contributed by atoms with Crippen molar-refractivity contribution in [2.24, 2.45) is 11.3 Å². The van der Waals surface area contributed by atoms with Crippen molar-refractivity contribution >= 4 is 11.8 Å². The fraction of sp³-hybridized carbons (Fsp3) is 0.517. The number of hydrogen-bond donors (Lipinski definition) is 1. The fourth-order valence-electron chi connectivity index (χ4n) is 5.46. The van der Waals surface area contributed by atoms with Crippen LogP contribution in [0.15, 0.2) is 36.4 Å². The summed E-state index contributed by atoms with van der Waals surface area (Å²) in [5.41, 5.74) is 0.383. The van der Waals surface area contributed by atoms with Crippen LogP contribution in [0.4, 0.5) is 4.39 Å². The minimum atomic E-state index is -0.604. The van der Waals surface area contributed by atoms with Crippen molar-refractivity contribution in [2.45, 2.75) is 58.1 Å². The van der Waals surface area contributed by atoms with Gasteiger partial charge in [-0.3, -0.25) is 9.59 Å². The van der Waals surface area contributed by atoms with Gasteiger partial charge in [0.25, 0.3) is 11.8 Å². The average Bonchev–Trinajstić information content (AvgIpc) is 3.58. The van der Waals surface area contributed by atoms with Gasteiger partial charge in [-0.1, -0.05) is 6.42 Å². The maximum absolute atomic E-state index is 14.6. The second kappa shape index (κ2) is 10.2. The predicted molar refractivity (Wildman–Crippen MR) is 137 cm³/mol. The molecule has 7 nitrogen and oxygen atoms in total. The van der Waals surface area contributed by atoms with Crippen LogP contribution in [0.2, 0.25) is 0 Å². The summed E-state index contributed by atoms with van der Waals surface area (Å²) < 4.78 is 31.5. The Bertz CT molecular complexity index is 1170. The molecule has 2 saturated carbocycles. The zero-order valence-corrected chi connectivity index (χ0v) is 21.7. The number of halogens is 1. The summed E-state index contributed by atoms with van der Waals surface area (Å²) >= 11 is 0. The molecule has 1 atom stereocenters. The first-order chi connectivity index (χ1) is 17.8. The lowest BCUT2D eigenvalue weighted by Gasteiger charge is -2.51. The Balaban J connectivity index is 1.22. The van der Waals surface area contributed by atoms with Gasteiger partial charge >= 0.3 is 0 Å². The third kappa shape index (κ3) is 5.38. The molecule has 2 aromatic rings. The Morgan fingerprint density at radius 1 is 1.11 bits per heavy atom. The molecule has 1 aliphatic heterocycles. The molecule has 2 aliphatic carbocycles. The van der Waals surface area contributed by atoms with Crippen molar-refractivity contribution < 1.29 is 28.2 Å². The van der Waals surface area contributed by atoms with E-state index in [0.717, 1.165) is 19.3 Å². The van der Waals surface area contributed by atoms with Crippen LogP contribution in [0, 0.1) is 17.2 Å². The number of carbonyl (C=O) groups is 2. The summed E-state index contributed by atoms with van der Waals surface area (Å²) in [6.45, 7) is 5.48. The molecule has 1 spiro atoms. The first-order valence-corrected chi connectivity index (χ1v) is 13.2. The van der Waals surface area contributed by atoms with E-state index >= 15 is 0 Å². The number of carbonyl (C=O) groups excluding carboxylic acids is 2. The molecule has 1 unspecified atom stereocenters. The highest BCUT2D eigenvalue weighted by atomic mass is 19.1. The summed E-state index contributed by atoms with van der Waals surface area (Å²) in [6.07, 6.45) is 4.97. The zero-order valence-electron chi connectivity index (χ0n) is 21.7. The number of amides is 2. The number of nitrogens with zero attached hydrogens (tertiary/aromatic N) is 1. The molecule has 2 aromatic carbocycles. The number of hydrogen-bond acceptors (Lipinski definition) is 5. The lowest BCUT2D eigenvalue weighted by Crippen LogP contribution is -2.64. The number of rotatable bonds is 9. The molecule has 0 bridgehead atoms. The number of likely N-dealkylation sites (tertiary alicyclic amines) is 1. The molecule has 5 rings (SSSR count). The molecule has 3 fully saturated rings. The van der Waals surface area contributed by atoms with Gasteiger partial charge in [-0.05, 0) is 75.8 Å². The van der Waals surface area contributed by atoms with Gasteiger partial charge in [0, 0.05) is 36.2 Å². The Morgan fingerprint density at radius 2 is 1.89 bits per heavy atom. The number of nitrogens with one attached hydrogen (secondary N) is 1. The van der Waals surface area contributed by atoms with Crippen molar-refractivity contribution in [3.63, 3.8) is 0 Å². The Morgan fingerprint density at radius 3 is 2.57 bits per heavy atom. The quantitative estimate of drug-likeness (QED) is 0.523. The molecule has 8 heteroatoms. The van der Waals surface area contributed by atoms with Gasteiger partial charge in [0.1, 0.15) is 11.6 Å². The highest BCUT2D eigenvalue weighted by molar-refractivity contribution is 5.96. The van der Waals surface area contributed by atoms with Crippen LogP contribution in [0.5, 0.6) is 17.2 Å². The third-order valence-electron chi connectivity index (χ3n) is 7.65. The maximum Gasteiger partial charge on any atom is 0.254 e. The Labute approximate surface area is 217 Å². The van der Waals surface area contributed by atoms with E-state index in [-0.39, 0.29) is 29.0 Å². The van der Waals surface area contributed by atoms with Crippen LogP contribution in [-0.4, -0.2) is 55.7 Å². The van der Waals surface area contributed by atoms with Crippen molar-refractivity contribution in [1.29, 1.82) is 0 Å². The zero-order chi connectivity index (χ0) is 26.2. The van der Waals surface area contributed by atoms with E-state index in [0.29, 0.717) is 48.4 Å². The van der Waals surface area contributed by atoms with Gasteiger partial charge in [-0.2, -0.15) is 0 Å². The normalized spacial score (nSPS) is 20.0. The highest BCUT2D eigenvalue weighted by Gasteiger charge is 2.53. The monoisotopic (exact) mass is 510 g/mol. The third-order valence-corrected chi connectivity index (χ3v) is 7.65. The van der Waals surface area contributed by atoms with Gasteiger partial charge in [0.05, 0.1) is 25.4 Å². The van der Waals surface area contributed by atoms with Crippen molar-refractivity contribution in [3.8, 4) is 17.2 Å². The summed E-state index contributed by atoms with van der Waals surface area (Å²) in [7, 11) is 1.59. The minimum Gasteiger partial charge on any atom is -0.493 e. The predicted octanol–water partition coefficient (Wildman–Crippen LogP) is 4.84. The molecule has 37 heavy (non-hydrogen) atoms. The standard InChI is InChI=1S/C29H35FN2O5/c1-18(2)37-21-9-10-22(23(30)14-21)27(33)31-26-5-4-12-29(26)16-32(17-29)28(34)20-8-11-24(35-3)25(13-20)36-15-19-6-7-19/h8-11,13-14,18-19,26H,4-7,12,15-17H2,1-3H3,(H,31,33). The lowest BCUT2D eigenvalue weighted by atomic mass is 9.74. The maximum atomic E-state index is 14.6. The van der Waals surface area contributed by atoms with Crippen LogP contribution in [0.25, 0.3) is 0 Å². The Kier molecular flexibility index (Phi) is 7.01. The van der Waals surface area contributed by atoms with Gasteiger partial charge in [-0.15, -0.1) is 0 Å². The highest BCUT2D eigenvalue weighted by Crippen LogP contribution is 2.46. The van der Waals surface area contributed by atoms with E-state index in [9.17, 15) is 14.0 Å². The molecule has 0 radical (unpaired) electrons. The SMILES string of the molecule is COc1ccc(C(=O)N2CC3(CCCC3NC(=O)c3ccc(OC(C)C)cc3F)C2)cc1OCC1CC1. The molecule has 198 valence electrons. The van der Waals surface area contributed by atoms with Crippen LogP contribution >= 0.6 is 0 Å². The topological polar surface area (TPSA) is 77.1 Å². The summed E-state index contributed by atoms with van der Waals surface area (Å²) in [4.78, 5) is 28.0. The molecule has 1 saturated heterocycles.